The van der Waals surface area contributed by atoms with Crippen molar-refractivity contribution in [2.24, 2.45) is 0 Å². The second-order valence-electron chi connectivity index (χ2n) is 10.2. The molecule has 5 aromatic carbocycles. The number of nitrogens with one attached hydrogen (secondary N) is 3. The van der Waals surface area contributed by atoms with Crippen molar-refractivity contribution in [3.05, 3.63) is 156 Å². The third-order valence-electron chi connectivity index (χ3n) is 6.86. The van der Waals surface area contributed by atoms with Crippen molar-refractivity contribution in [1.82, 2.24) is 5.32 Å². The van der Waals surface area contributed by atoms with E-state index in [4.69, 9.17) is 4.74 Å². The number of anilines is 2. The Bertz CT molecular complexity index is 1920. The molecule has 0 aromatic heterocycles. The highest BCUT2D eigenvalue weighted by molar-refractivity contribution is 8.00. The maximum absolute atomic E-state index is 14.3. The quantitative estimate of drug-likeness (QED) is 0.0876. The van der Waals surface area contributed by atoms with E-state index in [1.807, 2.05) is 30.3 Å². The molecular formula is C37H30FN3O5S. The maximum atomic E-state index is 14.3. The zero-order chi connectivity index (χ0) is 33.2. The van der Waals surface area contributed by atoms with Gasteiger partial charge in [0.05, 0.1) is 12.8 Å². The van der Waals surface area contributed by atoms with Gasteiger partial charge in [0.1, 0.15) is 28.3 Å². The summed E-state index contributed by atoms with van der Waals surface area (Å²) >= 11 is 1.23. The van der Waals surface area contributed by atoms with Crippen LogP contribution in [0.4, 0.5) is 15.8 Å². The van der Waals surface area contributed by atoms with Crippen LogP contribution < -0.4 is 20.7 Å². The van der Waals surface area contributed by atoms with Crippen molar-refractivity contribution in [2.75, 3.05) is 17.7 Å². The van der Waals surface area contributed by atoms with Crippen molar-refractivity contribution >= 4 is 46.9 Å². The molecule has 0 radical (unpaired) electrons. The minimum Gasteiger partial charge on any atom is -0.508 e. The molecule has 0 spiro atoms. The summed E-state index contributed by atoms with van der Waals surface area (Å²) in [6.07, 6.45) is 1.45. The molecule has 8 nitrogen and oxygen atoms in total. The van der Waals surface area contributed by atoms with E-state index in [2.05, 4.69) is 16.0 Å². The summed E-state index contributed by atoms with van der Waals surface area (Å²) in [6.45, 7) is 0. The first-order valence-corrected chi connectivity index (χ1v) is 15.3. The minimum absolute atomic E-state index is 0.0240. The van der Waals surface area contributed by atoms with E-state index in [1.54, 1.807) is 72.8 Å². The molecule has 0 saturated carbocycles. The fourth-order valence-corrected chi connectivity index (χ4v) is 5.64. The Kier molecular flexibility index (Phi) is 10.7. The summed E-state index contributed by atoms with van der Waals surface area (Å²) < 4.78 is 19.7. The number of halogens is 1. The molecule has 10 heteroatoms. The van der Waals surface area contributed by atoms with Crippen molar-refractivity contribution in [3.63, 3.8) is 0 Å². The molecule has 4 N–H and O–H groups in total. The molecule has 1 unspecified atom stereocenters. The van der Waals surface area contributed by atoms with Gasteiger partial charge >= 0.3 is 0 Å². The normalized spacial score (nSPS) is 11.7. The number of benzene rings is 5. The number of phenolic OH excluding ortho intramolecular Hbond substituents is 1. The topological polar surface area (TPSA) is 117 Å². The lowest BCUT2D eigenvalue weighted by Gasteiger charge is -2.18. The monoisotopic (exact) mass is 647 g/mol. The van der Waals surface area contributed by atoms with Crippen LogP contribution in [-0.2, 0) is 9.59 Å². The first kappa shape index (κ1) is 32.5. The van der Waals surface area contributed by atoms with Crippen molar-refractivity contribution in [1.29, 1.82) is 0 Å². The summed E-state index contributed by atoms with van der Waals surface area (Å²) in [5, 5.41) is 17.3. The molecule has 0 heterocycles. The Hall–Kier alpha value is -5.87. The molecule has 0 aliphatic rings. The number of carbonyl (C=O) groups is 3. The van der Waals surface area contributed by atoms with E-state index < -0.39 is 28.8 Å². The predicted octanol–water partition coefficient (Wildman–Crippen LogP) is 7.42. The van der Waals surface area contributed by atoms with Gasteiger partial charge in [0.15, 0.2) is 0 Å². The average Bonchev–Trinajstić information content (AvgIpc) is 3.09. The van der Waals surface area contributed by atoms with Gasteiger partial charge in [0.2, 0.25) is 5.91 Å². The highest BCUT2D eigenvalue weighted by Gasteiger charge is 2.24. The van der Waals surface area contributed by atoms with Gasteiger partial charge in [-0.3, -0.25) is 14.4 Å². The van der Waals surface area contributed by atoms with E-state index >= 15 is 0 Å². The number of methoxy groups -OCH3 is 1. The van der Waals surface area contributed by atoms with Crippen LogP contribution in [0.5, 0.6) is 11.5 Å². The third kappa shape index (κ3) is 8.65. The highest BCUT2D eigenvalue weighted by Crippen LogP contribution is 2.37. The lowest BCUT2D eigenvalue weighted by Crippen LogP contribution is -2.30. The zero-order valence-electron chi connectivity index (χ0n) is 25.1. The fourth-order valence-electron chi connectivity index (χ4n) is 4.56. The number of rotatable bonds is 11. The molecule has 5 rings (SSSR count). The van der Waals surface area contributed by atoms with Gasteiger partial charge in [-0.2, -0.15) is 0 Å². The van der Waals surface area contributed by atoms with Crippen LogP contribution in [0.15, 0.2) is 138 Å². The largest absolute Gasteiger partial charge is 0.508 e. The summed E-state index contributed by atoms with van der Waals surface area (Å²) in [5.41, 5.74) is 1.90. The Morgan fingerprint density at radius 1 is 0.809 bits per heavy atom. The number of hydrogen-bond donors (Lipinski definition) is 4. The molecule has 0 aliphatic heterocycles. The second-order valence-corrected chi connectivity index (χ2v) is 11.3. The van der Waals surface area contributed by atoms with E-state index in [1.165, 1.54) is 49.2 Å². The lowest BCUT2D eigenvalue weighted by atomic mass is 10.1. The average molecular weight is 648 g/mol. The molecule has 47 heavy (non-hydrogen) atoms. The van der Waals surface area contributed by atoms with Crippen LogP contribution >= 0.6 is 11.8 Å². The Balaban J connectivity index is 1.41. The van der Waals surface area contributed by atoms with Crippen LogP contribution in [0.1, 0.15) is 26.7 Å². The van der Waals surface area contributed by atoms with Crippen molar-refractivity contribution < 1.29 is 28.6 Å². The number of ether oxygens (including phenoxy) is 1. The van der Waals surface area contributed by atoms with Gasteiger partial charge in [0.25, 0.3) is 11.8 Å². The number of carbonyl (C=O) groups excluding carboxylic acids is 3. The second kappa shape index (κ2) is 15.4. The summed E-state index contributed by atoms with van der Waals surface area (Å²) in [7, 11) is 1.43. The minimum atomic E-state index is -0.746. The number of hydrogen-bond acceptors (Lipinski definition) is 6. The van der Waals surface area contributed by atoms with Gasteiger partial charge in [0, 0.05) is 27.8 Å². The van der Waals surface area contributed by atoms with Crippen molar-refractivity contribution in [3.8, 4) is 11.5 Å². The van der Waals surface area contributed by atoms with E-state index in [0.717, 1.165) is 0 Å². The first-order chi connectivity index (χ1) is 22.8. The molecular weight excluding hydrogens is 617 g/mol. The van der Waals surface area contributed by atoms with Crippen molar-refractivity contribution in [2.45, 2.75) is 10.1 Å². The van der Waals surface area contributed by atoms with Crippen LogP contribution in [0.3, 0.4) is 0 Å². The molecule has 3 amide bonds. The van der Waals surface area contributed by atoms with Gasteiger partial charge in [-0.05, 0) is 66.2 Å². The number of aromatic hydroxyl groups is 1. The Morgan fingerprint density at radius 3 is 2.23 bits per heavy atom. The van der Waals surface area contributed by atoms with Gasteiger partial charge in [-0.15, -0.1) is 11.8 Å². The highest BCUT2D eigenvalue weighted by atomic mass is 32.2. The summed E-state index contributed by atoms with van der Waals surface area (Å²) in [5.74, 6) is -1.82. The molecule has 0 saturated heterocycles. The molecule has 5 aromatic rings. The van der Waals surface area contributed by atoms with E-state index in [0.29, 0.717) is 33.0 Å². The number of thioether (sulfide) groups is 1. The summed E-state index contributed by atoms with van der Waals surface area (Å²) in [6, 6.07) is 34.8. The standard InChI is InChI=1S/C37H30FN3O5S/c1-46-33-23-28(42)20-19-26(33)21-32(41-35(43)25-13-6-3-7-14-25)36(44)39-27-15-10-16-29(22-27)47-34(24-11-4-2-5-12-24)37(45)40-31-18-9-8-17-30(31)38/h2-23,34,42H,1H3,(H,39,44)(H,40,45)(H,41,43)/b32-21+. The zero-order valence-corrected chi connectivity index (χ0v) is 26.0. The number of para-hydroxylation sites is 1. The SMILES string of the molecule is COc1cc(O)ccc1/C=C(/NC(=O)c1ccccc1)C(=O)Nc1cccc(SC(C(=O)Nc2ccccc2F)c2ccccc2)c1. The number of phenols is 1. The molecule has 0 fully saturated rings. The molecule has 0 aliphatic carbocycles. The van der Waals surface area contributed by atoms with E-state index in [-0.39, 0.29) is 17.1 Å². The fraction of sp³-hybridized carbons (Fsp3) is 0.0541. The van der Waals surface area contributed by atoms with Crippen LogP contribution in [-0.4, -0.2) is 29.9 Å². The Labute approximate surface area is 275 Å². The van der Waals surface area contributed by atoms with Gasteiger partial charge in [-0.1, -0.05) is 66.7 Å². The summed E-state index contributed by atoms with van der Waals surface area (Å²) in [4.78, 5) is 40.8. The van der Waals surface area contributed by atoms with E-state index in [9.17, 15) is 23.9 Å². The first-order valence-electron chi connectivity index (χ1n) is 14.4. The smallest absolute Gasteiger partial charge is 0.272 e. The molecule has 1 atom stereocenters. The van der Waals surface area contributed by atoms with Gasteiger partial charge in [-0.25, -0.2) is 4.39 Å². The van der Waals surface area contributed by atoms with Crippen LogP contribution in [0.2, 0.25) is 0 Å². The van der Waals surface area contributed by atoms with Crippen LogP contribution in [0.25, 0.3) is 6.08 Å². The lowest BCUT2D eigenvalue weighted by molar-refractivity contribution is -0.116. The maximum Gasteiger partial charge on any atom is 0.272 e. The third-order valence-corrected chi connectivity index (χ3v) is 8.11. The number of amides is 3. The predicted molar refractivity (Wildman–Crippen MR) is 182 cm³/mol. The molecule has 0 bridgehead atoms. The van der Waals surface area contributed by atoms with Crippen LogP contribution in [0, 0.1) is 5.82 Å². The molecule has 236 valence electrons. The Morgan fingerprint density at radius 2 is 1.51 bits per heavy atom. The van der Waals surface area contributed by atoms with Gasteiger partial charge < -0.3 is 25.8 Å².